The number of ether oxygens (including phenoxy) is 1. The Morgan fingerprint density at radius 1 is 1.38 bits per heavy atom. The van der Waals surface area contributed by atoms with Crippen LogP contribution in [0, 0.1) is 0 Å². The summed E-state index contributed by atoms with van der Waals surface area (Å²) in [5.41, 5.74) is 1.02. The van der Waals surface area contributed by atoms with E-state index in [1.165, 1.54) is 11.8 Å². The number of rotatable bonds is 3. The third-order valence-electron chi connectivity index (χ3n) is 1.46. The van der Waals surface area contributed by atoms with Crippen LogP contribution in [0.15, 0.2) is 30.3 Å². The van der Waals surface area contributed by atoms with Crippen molar-refractivity contribution in [3.05, 3.63) is 35.9 Å². The molecule has 0 atom stereocenters. The first kappa shape index (κ1) is 10.1. The third-order valence-corrected chi connectivity index (χ3v) is 2.10. The molecule has 0 bridgehead atoms. The van der Waals surface area contributed by atoms with E-state index in [1.54, 1.807) is 0 Å². The summed E-state index contributed by atoms with van der Waals surface area (Å²) in [6.45, 7) is 2.29. The molecule has 0 saturated carbocycles. The minimum absolute atomic E-state index is 0.202. The van der Waals surface area contributed by atoms with Crippen LogP contribution in [0.3, 0.4) is 0 Å². The Morgan fingerprint density at radius 3 is 2.69 bits per heavy atom. The first-order valence-corrected chi connectivity index (χ1v) is 5.15. The Hall–Kier alpha value is -0.960. The average Bonchev–Trinajstić information content (AvgIpc) is 2.17. The molecule has 0 unspecified atom stereocenters. The number of hydrogen-bond donors (Lipinski definition) is 0. The van der Waals surface area contributed by atoms with Crippen LogP contribution in [-0.4, -0.2) is 11.1 Å². The Bertz CT molecular complexity index is 259. The largest absolute Gasteiger partial charge is 0.453 e. The van der Waals surface area contributed by atoms with Gasteiger partial charge in [0, 0.05) is 5.75 Å². The van der Waals surface area contributed by atoms with Gasteiger partial charge in [-0.1, -0.05) is 37.3 Å². The molecule has 0 aliphatic heterocycles. The highest BCUT2D eigenvalue weighted by molar-refractivity contribution is 8.13. The molecule has 0 aliphatic carbocycles. The quantitative estimate of drug-likeness (QED) is 0.695. The zero-order chi connectivity index (χ0) is 9.52. The van der Waals surface area contributed by atoms with Crippen molar-refractivity contribution >= 4 is 17.1 Å². The predicted molar refractivity (Wildman–Crippen MR) is 54.8 cm³/mol. The standard InChI is InChI=1S/C10H12O2S/c1-2-13-10(11)12-8-9-6-4-3-5-7-9/h3-7H,2,8H2,1H3. The molecule has 1 aromatic carbocycles. The molecule has 0 aromatic heterocycles. The molecule has 0 fully saturated rings. The molecule has 0 N–H and O–H groups in total. The Labute approximate surface area is 82.3 Å². The van der Waals surface area contributed by atoms with Crippen LogP contribution in [0.1, 0.15) is 12.5 Å². The summed E-state index contributed by atoms with van der Waals surface area (Å²) in [5, 5.41) is -0.202. The van der Waals surface area contributed by atoms with Crippen molar-refractivity contribution in [2.75, 3.05) is 5.75 Å². The third kappa shape index (κ3) is 3.99. The van der Waals surface area contributed by atoms with E-state index in [-0.39, 0.29) is 5.30 Å². The normalized spacial score (nSPS) is 9.62. The summed E-state index contributed by atoms with van der Waals surface area (Å²) in [6.07, 6.45) is 0. The molecule has 1 aromatic rings. The second kappa shape index (κ2) is 5.65. The van der Waals surface area contributed by atoms with Crippen LogP contribution in [0.5, 0.6) is 0 Å². The first-order valence-electron chi connectivity index (χ1n) is 4.16. The minimum atomic E-state index is -0.202. The molecule has 0 radical (unpaired) electrons. The molecule has 1 rings (SSSR count). The molecule has 0 spiro atoms. The average molecular weight is 196 g/mol. The molecule has 0 aliphatic rings. The SMILES string of the molecule is CCSC(=O)OCc1ccccc1. The fraction of sp³-hybridized carbons (Fsp3) is 0.300. The van der Waals surface area contributed by atoms with Crippen LogP contribution in [0.2, 0.25) is 0 Å². The van der Waals surface area contributed by atoms with Gasteiger partial charge in [-0.2, -0.15) is 0 Å². The lowest BCUT2D eigenvalue weighted by Crippen LogP contribution is -1.97. The van der Waals surface area contributed by atoms with E-state index in [9.17, 15) is 4.79 Å². The molecule has 70 valence electrons. The van der Waals surface area contributed by atoms with Gasteiger partial charge in [0.25, 0.3) is 0 Å². The summed E-state index contributed by atoms with van der Waals surface area (Å²) >= 11 is 1.19. The molecule has 3 heteroatoms. The lowest BCUT2D eigenvalue weighted by molar-refractivity contribution is 0.169. The monoisotopic (exact) mass is 196 g/mol. The molecular weight excluding hydrogens is 184 g/mol. The van der Waals surface area contributed by atoms with Gasteiger partial charge in [0.2, 0.25) is 0 Å². The van der Waals surface area contributed by atoms with Gasteiger partial charge in [0.1, 0.15) is 6.61 Å². The van der Waals surface area contributed by atoms with Crippen LogP contribution >= 0.6 is 11.8 Å². The summed E-state index contributed by atoms with van der Waals surface area (Å²) in [6, 6.07) is 9.66. The lowest BCUT2D eigenvalue weighted by atomic mass is 10.2. The van der Waals surface area contributed by atoms with Gasteiger partial charge >= 0.3 is 5.30 Å². The van der Waals surface area contributed by atoms with Gasteiger partial charge in [-0.15, -0.1) is 0 Å². The van der Waals surface area contributed by atoms with Crippen molar-refractivity contribution in [3.63, 3.8) is 0 Å². The minimum Gasteiger partial charge on any atom is -0.453 e. The van der Waals surface area contributed by atoms with Crippen molar-refractivity contribution in [1.82, 2.24) is 0 Å². The van der Waals surface area contributed by atoms with E-state index in [0.29, 0.717) is 6.61 Å². The predicted octanol–water partition coefficient (Wildman–Crippen LogP) is 3.08. The second-order valence-electron chi connectivity index (χ2n) is 2.46. The van der Waals surface area contributed by atoms with Crippen LogP contribution in [0.4, 0.5) is 4.79 Å². The molecule has 13 heavy (non-hydrogen) atoms. The summed E-state index contributed by atoms with van der Waals surface area (Å²) in [4.78, 5) is 11.0. The topological polar surface area (TPSA) is 26.3 Å². The van der Waals surface area contributed by atoms with E-state index in [2.05, 4.69) is 0 Å². The zero-order valence-corrected chi connectivity index (χ0v) is 8.34. The molecule has 0 saturated heterocycles. The van der Waals surface area contributed by atoms with Crippen molar-refractivity contribution in [3.8, 4) is 0 Å². The van der Waals surface area contributed by atoms with Gasteiger partial charge in [0.05, 0.1) is 0 Å². The maximum Gasteiger partial charge on any atom is 0.367 e. The van der Waals surface area contributed by atoms with Gasteiger partial charge in [-0.05, 0) is 17.3 Å². The molecule has 2 nitrogen and oxygen atoms in total. The van der Waals surface area contributed by atoms with Gasteiger partial charge in [-0.25, -0.2) is 4.79 Å². The van der Waals surface area contributed by atoms with E-state index in [4.69, 9.17) is 4.74 Å². The van der Waals surface area contributed by atoms with E-state index >= 15 is 0 Å². The van der Waals surface area contributed by atoms with E-state index in [0.717, 1.165) is 11.3 Å². The Balaban J connectivity index is 2.31. The maximum atomic E-state index is 11.0. The fourth-order valence-electron chi connectivity index (χ4n) is 0.876. The van der Waals surface area contributed by atoms with Crippen molar-refractivity contribution in [1.29, 1.82) is 0 Å². The lowest BCUT2D eigenvalue weighted by Gasteiger charge is -2.02. The van der Waals surface area contributed by atoms with Gasteiger partial charge < -0.3 is 4.74 Å². The highest BCUT2D eigenvalue weighted by Crippen LogP contribution is 2.07. The van der Waals surface area contributed by atoms with E-state index in [1.807, 2.05) is 37.3 Å². The number of carbonyl (C=O) groups is 1. The highest BCUT2D eigenvalue weighted by Gasteiger charge is 2.00. The summed E-state index contributed by atoms with van der Waals surface area (Å²) < 4.78 is 4.99. The number of thioether (sulfide) groups is 1. The zero-order valence-electron chi connectivity index (χ0n) is 7.53. The Morgan fingerprint density at radius 2 is 2.08 bits per heavy atom. The molecular formula is C10H12O2S. The number of benzene rings is 1. The maximum absolute atomic E-state index is 11.0. The number of carbonyl (C=O) groups excluding carboxylic acids is 1. The fourth-order valence-corrected chi connectivity index (χ4v) is 1.25. The molecule has 0 amide bonds. The van der Waals surface area contributed by atoms with Gasteiger partial charge in [-0.3, -0.25) is 0 Å². The van der Waals surface area contributed by atoms with Crippen LogP contribution < -0.4 is 0 Å². The smallest absolute Gasteiger partial charge is 0.367 e. The van der Waals surface area contributed by atoms with Crippen LogP contribution in [0.25, 0.3) is 0 Å². The summed E-state index contributed by atoms with van der Waals surface area (Å²) in [5.74, 6) is 0.758. The van der Waals surface area contributed by atoms with Gasteiger partial charge in [0.15, 0.2) is 0 Å². The highest BCUT2D eigenvalue weighted by atomic mass is 32.2. The summed E-state index contributed by atoms with van der Waals surface area (Å²) in [7, 11) is 0. The first-order chi connectivity index (χ1) is 6.33. The van der Waals surface area contributed by atoms with Crippen molar-refractivity contribution in [2.45, 2.75) is 13.5 Å². The number of hydrogen-bond acceptors (Lipinski definition) is 3. The second-order valence-corrected chi connectivity index (χ2v) is 3.66. The molecule has 0 heterocycles. The van der Waals surface area contributed by atoms with E-state index < -0.39 is 0 Å². The Kier molecular flexibility index (Phi) is 4.40. The van der Waals surface area contributed by atoms with Crippen LogP contribution in [-0.2, 0) is 11.3 Å². The van der Waals surface area contributed by atoms with Crippen molar-refractivity contribution in [2.24, 2.45) is 0 Å². The van der Waals surface area contributed by atoms with Crippen molar-refractivity contribution < 1.29 is 9.53 Å².